The van der Waals surface area contributed by atoms with Crippen molar-refractivity contribution in [3.05, 3.63) is 85.1 Å². The lowest BCUT2D eigenvalue weighted by Gasteiger charge is -2.20. The number of carbonyl (C=O) groups is 3. The molecule has 0 aromatic rings. The molecule has 0 saturated carbocycles. The molecule has 0 rings (SSSR count). The summed E-state index contributed by atoms with van der Waals surface area (Å²) in [5, 5.41) is 8.87. The summed E-state index contributed by atoms with van der Waals surface area (Å²) in [5.74, 6) is -2.47. The minimum absolute atomic E-state index is 0.127. The highest BCUT2D eigenvalue weighted by Gasteiger charge is 2.28. The lowest BCUT2D eigenvalue weighted by Crippen LogP contribution is -2.34. The Morgan fingerprint density at radius 3 is 1.50 bits per heavy atom. The van der Waals surface area contributed by atoms with Crippen LogP contribution in [0.25, 0.3) is 0 Å². The maximum absolute atomic E-state index is 12.6. The summed E-state index contributed by atoms with van der Waals surface area (Å²) in [5.41, 5.74) is 5.32. The van der Waals surface area contributed by atoms with E-state index in [1.54, 1.807) is 0 Å². The van der Waals surface area contributed by atoms with Crippen LogP contribution in [0.5, 0.6) is 0 Å². The van der Waals surface area contributed by atoms with Gasteiger partial charge in [-0.1, -0.05) is 118 Å². The van der Waals surface area contributed by atoms with Crippen LogP contribution in [-0.4, -0.2) is 59.9 Å². The predicted octanol–water partition coefficient (Wildman–Crippen LogP) is 9.94. The van der Waals surface area contributed by atoms with Crippen molar-refractivity contribution in [2.24, 2.45) is 5.73 Å². The first-order chi connectivity index (χ1) is 26.1. The number of phosphoric ester groups is 1. The van der Waals surface area contributed by atoms with Crippen LogP contribution < -0.4 is 5.73 Å². The molecule has 3 atom stereocenters. The summed E-state index contributed by atoms with van der Waals surface area (Å²) in [4.78, 5) is 45.8. The second-order valence-electron chi connectivity index (χ2n) is 12.6. The van der Waals surface area contributed by atoms with Crippen molar-refractivity contribution in [1.82, 2.24) is 0 Å². The zero-order valence-electron chi connectivity index (χ0n) is 32.8. The normalized spacial score (nSPS) is 14.7. The van der Waals surface area contributed by atoms with E-state index < -0.39 is 51.1 Å². The van der Waals surface area contributed by atoms with Gasteiger partial charge in [-0.25, -0.2) is 4.57 Å². The molecule has 0 aliphatic heterocycles. The Hall–Kier alpha value is -3.34. The summed E-state index contributed by atoms with van der Waals surface area (Å²) >= 11 is 0. The SMILES string of the molecule is CC/C=C/C/C=C/C/C=C/C/C=C/CCCCC(=O)OC[C@H](COP(=O)(O)OC[C@H](N)C(=O)O)OC(=O)CCCCCCC/C=C/C/C=C/C/C=C/CC. The molecule has 0 amide bonds. The molecule has 11 nitrogen and oxygen atoms in total. The molecule has 0 aromatic carbocycles. The number of hydrogen-bond acceptors (Lipinski definition) is 9. The van der Waals surface area contributed by atoms with E-state index in [2.05, 4.69) is 103 Å². The fourth-order valence-corrected chi connectivity index (χ4v) is 5.38. The molecule has 0 aliphatic rings. The predicted molar refractivity (Wildman–Crippen MR) is 217 cm³/mol. The molecule has 0 fully saturated rings. The Morgan fingerprint density at radius 1 is 0.574 bits per heavy atom. The molecule has 0 heterocycles. The van der Waals surface area contributed by atoms with Gasteiger partial charge in [-0.15, -0.1) is 0 Å². The number of aliphatic carboxylic acids is 1. The van der Waals surface area contributed by atoms with Gasteiger partial charge in [0.15, 0.2) is 6.10 Å². The zero-order valence-corrected chi connectivity index (χ0v) is 33.7. The number of esters is 2. The fourth-order valence-electron chi connectivity index (χ4n) is 4.60. The highest BCUT2D eigenvalue weighted by molar-refractivity contribution is 7.47. The molecule has 0 saturated heterocycles. The zero-order chi connectivity index (χ0) is 40.0. The number of allylic oxidation sites excluding steroid dienone is 14. The van der Waals surface area contributed by atoms with Crippen molar-refractivity contribution in [3.63, 3.8) is 0 Å². The van der Waals surface area contributed by atoms with Gasteiger partial charge in [-0.3, -0.25) is 23.4 Å². The quantitative estimate of drug-likeness (QED) is 0.0242. The average Bonchev–Trinajstić information content (AvgIpc) is 3.14. The molecular formula is C42H68NO10P. The van der Waals surface area contributed by atoms with Crippen molar-refractivity contribution in [2.75, 3.05) is 19.8 Å². The van der Waals surface area contributed by atoms with E-state index >= 15 is 0 Å². The number of hydrogen-bond donors (Lipinski definition) is 3. The third-order valence-electron chi connectivity index (χ3n) is 7.64. The highest BCUT2D eigenvalue weighted by Crippen LogP contribution is 2.43. The first-order valence-corrected chi connectivity index (χ1v) is 21.1. The Labute approximate surface area is 324 Å². The van der Waals surface area contributed by atoms with Crippen LogP contribution in [-0.2, 0) is 37.5 Å². The summed E-state index contributed by atoms with van der Waals surface area (Å²) in [6.07, 6.45) is 43.7. The van der Waals surface area contributed by atoms with Crippen LogP contribution in [0.4, 0.5) is 0 Å². The van der Waals surface area contributed by atoms with Gasteiger partial charge in [0.05, 0.1) is 13.2 Å². The molecule has 4 N–H and O–H groups in total. The standard InChI is InChI=1S/C42H68NO10P/c1-3-5-7-9-11-13-15-17-19-21-23-25-27-29-31-33-40(44)50-35-38(36-51-54(48,49)52-37-39(43)42(46)47)53-41(45)34-32-30-28-26-24-22-20-18-16-14-12-10-8-6-4-2/h5-8,11-14,17-20,23,25,38-39H,3-4,9-10,15-16,21-22,24,26-37,43H2,1-2H3,(H,46,47)(H,48,49)/b7-5+,8-6+,13-11+,14-12+,19-17+,20-18+,25-23+/t38-,39+/m1/s1. The summed E-state index contributed by atoms with van der Waals surface area (Å²) in [7, 11) is -4.73. The summed E-state index contributed by atoms with van der Waals surface area (Å²) in [6.45, 7) is 2.48. The van der Waals surface area contributed by atoms with Gasteiger partial charge >= 0.3 is 25.7 Å². The Morgan fingerprint density at radius 2 is 0.981 bits per heavy atom. The molecule has 0 bridgehead atoms. The van der Waals surface area contributed by atoms with Crippen molar-refractivity contribution in [1.29, 1.82) is 0 Å². The molecule has 0 aromatic heterocycles. The number of carboxylic acid groups (broad SMARTS) is 1. The van der Waals surface area contributed by atoms with Crippen LogP contribution >= 0.6 is 7.82 Å². The van der Waals surface area contributed by atoms with Crippen LogP contribution in [0, 0.1) is 0 Å². The number of carboxylic acids is 1. The van der Waals surface area contributed by atoms with Gasteiger partial charge in [-0.05, 0) is 83.5 Å². The first-order valence-electron chi connectivity index (χ1n) is 19.6. The van der Waals surface area contributed by atoms with Crippen LogP contribution in [0.15, 0.2) is 85.1 Å². The minimum Gasteiger partial charge on any atom is -0.480 e. The van der Waals surface area contributed by atoms with E-state index in [0.29, 0.717) is 12.8 Å². The average molecular weight is 778 g/mol. The number of nitrogens with two attached hydrogens (primary N) is 1. The minimum atomic E-state index is -4.73. The number of phosphoric acid groups is 1. The molecular weight excluding hydrogens is 709 g/mol. The second-order valence-corrected chi connectivity index (χ2v) is 14.1. The van der Waals surface area contributed by atoms with Gasteiger partial charge in [0.2, 0.25) is 0 Å². The number of rotatable bonds is 35. The Balaban J connectivity index is 4.54. The second kappa shape index (κ2) is 36.6. The third-order valence-corrected chi connectivity index (χ3v) is 8.59. The van der Waals surface area contributed by atoms with Crippen LogP contribution in [0.3, 0.4) is 0 Å². The largest absolute Gasteiger partial charge is 0.480 e. The maximum Gasteiger partial charge on any atom is 0.472 e. The lowest BCUT2D eigenvalue weighted by molar-refractivity contribution is -0.161. The highest BCUT2D eigenvalue weighted by atomic mass is 31.2. The topological polar surface area (TPSA) is 172 Å². The van der Waals surface area contributed by atoms with Crippen molar-refractivity contribution in [3.8, 4) is 0 Å². The van der Waals surface area contributed by atoms with E-state index in [0.717, 1.165) is 89.9 Å². The molecule has 306 valence electrons. The van der Waals surface area contributed by atoms with Crippen LogP contribution in [0.1, 0.15) is 129 Å². The molecule has 1 unspecified atom stereocenters. The van der Waals surface area contributed by atoms with Crippen molar-refractivity contribution in [2.45, 2.75) is 142 Å². The van der Waals surface area contributed by atoms with Gasteiger partial charge < -0.3 is 25.2 Å². The van der Waals surface area contributed by atoms with E-state index in [9.17, 15) is 23.8 Å². The monoisotopic (exact) mass is 777 g/mol. The first kappa shape index (κ1) is 50.7. The van der Waals surface area contributed by atoms with Crippen molar-refractivity contribution >= 4 is 25.7 Å². The van der Waals surface area contributed by atoms with Crippen LogP contribution in [0.2, 0.25) is 0 Å². The molecule has 0 radical (unpaired) electrons. The van der Waals surface area contributed by atoms with Gasteiger partial charge in [0.1, 0.15) is 12.6 Å². The number of unbranched alkanes of at least 4 members (excludes halogenated alkanes) is 7. The van der Waals surface area contributed by atoms with E-state index in [1.807, 2.05) is 0 Å². The van der Waals surface area contributed by atoms with Gasteiger partial charge in [0, 0.05) is 12.8 Å². The lowest BCUT2D eigenvalue weighted by atomic mass is 10.1. The Bertz CT molecular complexity index is 1240. The smallest absolute Gasteiger partial charge is 0.472 e. The van der Waals surface area contributed by atoms with E-state index in [-0.39, 0.29) is 19.4 Å². The summed E-state index contributed by atoms with van der Waals surface area (Å²) < 4.78 is 32.5. The van der Waals surface area contributed by atoms with Gasteiger partial charge in [-0.2, -0.15) is 0 Å². The Kier molecular flexibility index (Phi) is 34.4. The molecule has 0 spiro atoms. The fraction of sp³-hybridized carbons (Fsp3) is 0.595. The number of ether oxygens (including phenoxy) is 2. The van der Waals surface area contributed by atoms with E-state index in [4.69, 9.17) is 24.8 Å². The molecule has 0 aliphatic carbocycles. The maximum atomic E-state index is 12.6. The van der Waals surface area contributed by atoms with Crippen molar-refractivity contribution < 1.29 is 47.5 Å². The van der Waals surface area contributed by atoms with Gasteiger partial charge in [0.25, 0.3) is 0 Å². The third kappa shape index (κ3) is 35.7. The summed E-state index contributed by atoms with van der Waals surface area (Å²) in [6, 6.07) is -1.53. The molecule has 12 heteroatoms. The molecule has 54 heavy (non-hydrogen) atoms. The number of carbonyl (C=O) groups excluding carboxylic acids is 2. The van der Waals surface area contributed by atoms with E-state index in [1.165, 1.54) is 0 Å².